The Morgan fingerprint density at radius 1 is 1.17 bits per heavy atom. The molecule has 5 nitrogen and oxygen atoms in total. The van der Waals surface area contributed by atoms with E-state index in [9.17, 15) is 4.79 Å². The number of carboxylic acid groups (broad SMARTS) is 1. The molecule has 0 amide bonds. The Balaban J connectivity index is 1.64. The van der Waals surface area contributed by atoms with Crippen LogP contribution in [0.3, 0.4) is 0 Å². The first-order valence-electron chi connectivity index (χ1n) is 8.06. The van der Waals surface area contributed by atoms with Crippen LogP contribution in [-0.2, 0) is 11.2 Å². The van der Waals surface area contributed by atoms with E-state index >= 15 is 0 Å². The molecule has 1 N–H and O–H groups in total. The van der Waals surface area contributed by atoms with Crippen LogP contribution in [0.25, 0.3) is 11.3 Å². The van der Waals surface area contributed by atoms with E-state index in [0.29, 0.717) is 6.54 Å². The summed E-state index contributed by atoms with van der Waals surface area (Å²) in [5.74, 6) is 0.180. The van der Waals surface area contributed by atoms with Gasteiger partial charge in [0.25, 0.3) is 0 Å². The lowest BCUT2D eigenvalue weighted by molar-refractivity contribution is -0.137. The fourth-order valence-corrected chi connectivity index (χ4v) is 2.43. The third kappa shape index (κ3) is 6.24. The molecular weight excluding hydrogens is 292 g/mol. The molecule has 0 aliphatic heterocycles. The molecule has 23 heavy (non-hydrogen) atoms. The summed E-state index contributed by atoms with van der Waals surface area (Å²) in [6.45, 7) is 1.54. The topological polar surface area (TPSA) is 66.6 Å². The zero-order valence-corrected chi connectivity index (χ0v) is 13.6. The zero-order valence-electron chi connectivity index (χ0n) is 13.6. The van der Waals surface area contributed by atoms with Crippen LogP contribution in [0.2, 0.25) is 0 Å². The van der Waals surface area contributed by atoms with Crippen molar-refractivity contribution < 1.29 is 14.4 Å². The number of unbranched alkanes of at least 4 members (excludes halogenated alkanes) is 2. The molecule has 0 spiro atoms. The van der Waals surface area contributed by atoms with E-state index in [0.717, 1.165) is 49.2 Å². The minimum atomic E-state index is -0.739. The normalized spacial score (nSPS) is 11.0. The Labute approximate surface area is 136 Å². The molecule has 5 heteroatoms. The van der Waals surface area contributed by atoms with Crippen molar-refractivity contribution in [2.75, 3.05) is 20.1 Å². The van der Waals surface area contributed by atoms with Gasteiger partial charge in [-0.1, -0.05) is 41.9 Å². The highest BCUT2D eigenvalue weighted by Gasteiger charge is 2.06. The first-order chi connectivity index (χ1) is 11.1. The van der Waals surface area contributed by atoms with Gasteiger partial charge in [0.05, 0.1) is 6.42 Å². The van der Waals surface area contributed by atoms with Crippen molar-refractivity contribution in [3.63, 3.8) is 0 Å². The molecule has 124 valence electrons. The second kappa shape index (κ2) is 9.10. The predicted octanol–water partition coefficient (Wildman–Crippen LogP) is 3.46. The van der Waals surface area contributed by atoms with Crippen LogP contribution in [0.5, 0.6) is 0 Å². The monoisotopic (exact) mass is 316 g/mol. The highest BCUT2D eigenvalue weighted by molar-refractivity contribution is 5.66. The maximum Gasteiger partial charge on any atom is 0.304 e. The van der Waals surface area contributed by atoms with Crippen LogP contribution in [0, 0.1) is 0 Å². The number of hydrogen-bond acceptors (Lipinski definition) is 4. The average Bonchev–Trinajstić information content (AvgIpc) is 3.02. The summed E-state index contributed by atoms with van der Waals surface area (Å²) in [5, 5.41) is 12.8. The van der Waals surface area contributed by atoms with Gasteiger partial charge in [0.2, 0.25) is 0 Å². The van der Waals surface area contributed by atoms with Crippen LogP contribution in [0.15, 0.2) is 40.9 Å². The van der Waals surface area contributed by atoms with Gasteiger partial charge in [0.1, 0.15) is 11.5 Å². The standard InChI is InChI=1S/C18H24N2O3/c1-20(13-11-18(21)22)12-7-3-6-10-16-14-17(19-23-16)15-8-4-2-5-9-15/h2,4-5,8-9,14H,3,6-7,10-13H2,1H3,(H,21,22). The first kappa shape index (κ1) is 17.2. The molecule has 0 atom stereocenters. The van der Waals surface area contributed by atoms with Crippen LogP contribution in [-0.4, -0.2) is 41.3 Å². The maximum absolute atomic E-state index is 10.5. The Bertz CT molecular complexity index is 595. The van der Waals surface area contributed by atoms with E-state index in [1.807, 2.05) is 43.4 Å². The van der Waals surface area contributed by atoms with Gasteiger partial charge >= 0.3 is 5.97 Å². The number of aromatic nitrogens is 1. The minimum Gasteiger partial charge on any atom is -0.481 e. The van der Waals surface area contributed by atoms with Gasteiger partial charge in [-0.3, -0.25) is 4.79 Å². The van der Waals surface area contributed by atoms with Gasteiger partial charge in [-0.2, -0.15) is 0 Å². The molecule has 1 heterocycles. The van der Waals surface area contributed by atoms with Gasteiger partial charge in [-0.15, -0.1) is 0 Å². The summed E-state index contributed by atoms with van der Waals surface area (Å²) in [4.78, 5) is 12.6. The van der Waals surface area contributed by atoms with Gasteiger partial charge in [-0.25, -0.2) is 0 Å². The molecule has 0 aliphatic carbocycles. The molecule has 2 rings (SSSR count). The van der Waals surface area contributed by atoms with Gasteiger partial charge in [-0.05, 0) is 26.4 Å². The third-order valence-electron chi connectivity index (χ3n) is 3.80. The fraction of sp³-hybridized carbons (Fsp3) is 0.444. The number of aryl methyl sites for hydroxylation is 1. The number of rotatable bonds is 10. The Morgan fingerprint density at radius 2 is 1.96 bits per heavy atom. The Hall–Kier alpha value is -2.14. The minimum absolute atomic E-state index is 0.205. The molecule has 0 radical (unpaired) electrons. The van der Waals surface area contributed by atoms with Crippen LogP contribution in [0.1, 0.15) is 31.4 Å². The van der Waals surface area contributed by atoms with Gasteiger partial charge in [0, 0.05) is 24.6 Å². The van der Waals surface area contributed by atoms with Crippen LogP contribution >= 0.6 is 0 Å². The second-order valence-corrected chi connectivity index (χ2v) is 5.80. The molecule has 1 aromatic heterocycles. The van der Waals surface area contributed by atoms with Crippen molar-refractivity contribution in [2.24, 2.45) is 0 Å². The molecule has 0 aliphatic rings. The number of nitrogens with zero attached hydrogens (tertiary/aromatic N) is 2. The molecule has 0 unspecified atom stereocenters. The molecule has 0 bridgehead atoms. The summed E-state index contributed by atoms with van der Waals surface area (Å²) in [5.41, 5.74) is 1.96. The molecule has 0 fully saturated rings. The van der Waals surface area contributed by atoms with Crippen molar-refractivity contribution >= 4 is 5.97 Å². The quantitative estimate of drug-likeness (QED) is 0.680. The molecular formula is C18H24N2O3. The van der Waals surface area contributed by atoms with Crippen molar-refractivity contribution in [3.8, 4) is 11.3 Å². The highest BCUT2D eigenvalue weighted by Crippen LogP contribution is 2.19. The number of carbonyl (C=O) groups is 1. The largest absolute Gasteiger partial charge is 0.481 e. The van der Waals surface area contributed by atoms with E-state index < -0.39 is 5.97 Å². The predicted molar refractivity (Wildman–Crippen MR) is 89.2 cm³/mol. The van der Waals surface area contributed by atoms with E-state index in [-0.39, 0.29) is 6.42 Å². The lowest BCUT2D eigenvalue weighted by atomic mass is 10.1. The first-order valence-corrected chi connectivity index (χ1v) is 8.06. The number of hydrogen-bond donors (Lipinski definition) is 1. The molecule has 0 saturated heterocycles. The molecule has 0 saturated carbocycles. The number of benzene rings is 1. The molecule has 2 aromatic rings. The van der Waals surface area contributed by atoms with Crippen molar-refractivity contribution in [1.29, 1.82) is 0 Å². The Morgan fingerprint density at radius 3 is 2.70 bits per heavy atom. The van der Waals surface area contributed by atoms with E-state index in [1.54, 1.807) is 0 Å². The van der Waals surface area contributed by atoms with Gasteiger partial charge < -0.3 is 14.5 Å². The molecule has 1 aromatic carbocycles. The second-order valence-electron chi connectivity index (χ2n) is 5.80. The lowest BCUT2D eigenvalue weighted by Gasteiger charge is -2.14. The van der Waals surface area contributed by atoms with Crippen molar-refractivity contribution in [1.82, 2.24) is 10.1 Å². The number of aliphatic carboxylic acids is 1. The van der Waals surface area contributed by atoms with E-state index in [1.165, 1.54) is 0 Å². The number of carboxylic acids is 1. The summed E-state index contributed by atoms with van der Waals surface area (Å²) >= 11 is 0. The summed E-state index contributed by atoms with van der Waals surface area (Å²) < 4.78 is 5.39. The smallest absolute Gasteiger partial charge is 0.304 e. The summed E-state index contributed by atoms with van der Waals surface area (Å²) in [7, 11) is 1.96. The fourth-order valence-electron chi connectivity index (χ4n) is 2.43. The summed E-state index contributed by atoms with van der Waals surface area (Å²) in [6.07, 6.45) is 4.31. The van der Waals surface area contributed by atoms with Crippen LogP contribution in [0.4, 0.5) is 0 Å². The van der Waals surface area contributed by atoms with Gasteiger partial charge in [0.15, 0.2) is 0 Å². The average molecular weight is 316 g/mol. The lowest BCUT2D eigenvalue weighted by Crippen LogP contribution is -2.22. The van der Waals surface area contributed by atoms with Crippen molar-refractivity contribution in [3.05, 3.63) is 42.2 Å². The zero-order chi connectivity index (χ0) is 16.5. The van der Waals surface area contributed by atoms with E-state index in [2.05, 4.69) is 10.1 Å². The SMILES string of the molecule is CN(CCCCCc1cc(-c2ccccc2)no1)CCC(=O)O. The van der Waals surface area contributed by atoms with E-state index in [4.69, 9.17) is 9.63 Å². The van der Waals surface area contributed by atoms with Crippen molar-refractivity contribution in [2.45, 2.75) is 32.1 Å². The highest BCUT2D eigenvalue weighted by atomic mass is 16.5. The summed E-state index contributed by atoms with van der Waals surface area (Å²) in [6, 6.07) is 12.0. The maximum atomic E-state index is 10.5. The third-order valence-corrected chi connectivity index (χ3v) is 3.80. The Kier molecular flexibility index (Phi) is 6.81. The van der Waals surface area contributed by atoms with Crippen LogP contribution < -0.4 is 0 Å².